The van der Waals surface area contributed by atoms with Gasteiger partial charge in [-0.1, -0.05) is 36.4 Å². The largest absolute Gasteiger partial charge is 0.508 e. The number of aliphatic hydroxyl groups is 1. The topological polar surface area (TPSA) is 82.1 Å². The van der Waals surface area contributed by atoms with Gasteiger partial charge in [-0.25, -0.2) is 0 Å². The Bertz CT molecular complexity index is 1070. The number of benzene rings is 2. The van der Waals surface area contributed by atoms with Crippen molar-refractivity contribution in [2.24, 2.45) is 0 Å². The first-order chi connectivity index (χ1) is 15.6. The number of ketones is 1. The Morgan fingerprint density at radius 2 is 1.39 bits per heavy atom. The zero-order chi connectivity index (χ0) is 24.4. The van der Waals surface area contributed by atoms with Crippen LogP contribution < -0.4 is 9.47 Å². The van der Waals surface area contributed by atoms with Crippen LogP contribution in [0.25, 0.3) is 12.2 Å². The average Bonchev–Trinajstić information content (AvgIpc) is 2.78. The third-order valence-electron chi connectivity index (χ3n) is 4.40. The number of ether oxygens (including phenoxy) is 3. The van der Waals surface area contributed by atoms with Crippen molar-refractivity contribution in [1.29, 1.82) is 0 Å². The molecule has 174 valence electrons. The Balaban J connectivity index is 2.34. The maximum atomic E-state index is 12.9. The maximum absolute atomic E-state index is 12.9. The molecule has 0 aliphatic rings. The third kappa shape index (κ3) is 8.69. The molecule has 6 nitrogen and oxygen atoms in total. The fourth-order valence-corrected chi connectivity index (χ4v) is 2.86. The van der Waals surface area contributed by atoms with Crippen molar-refractivity contribution in [2.45, 2.75) is 32.8 Å². The van der Waals surface area contributed by atoms with Gasteiger partial charge in [-0.15, -0.1) is 0 Å². The van der Waals surface area contributed by atoms with E-state index in [4.69, 9.17) is 14.2 Å². The second-order valence-corrected chi connectivity index (χ2v) is 8.21. The van der Waals surface area contributed by atoms with Gasteiger partial charge in [-0.05, 0) is 68.3 Å². The molecule has 0 saturated carbocycles. The number of carbonyl (C=O) groups is 2. The normalized spacial score (nSPS) is 12.5. The zero-order valence-electron chi connectivity index (χ0n) is 19.6. The molecule has 0 amide bonds. The lowest BCUT2D eigenvalue weighted by Gasteiger charge is -2.19. The molecule has 0 saturated heterocycles. The number of carbonyl (C=O) groups excluding carboxylic acids is 2. The van der Waals surface area contributed by atoms with Crippen LogP contribution in [-0.2, 0) is 14.3 Å². The summed E-state index contributed by atoms with van der Waals surface area (Å²) in [5, 5.41) is 10.7. The Kier molecular flexibility index (Phi) is 9.04. The number of allylic oxidation sites excluding steroid dienone is 2. The van der Waals surface area contributed by atoms with Gasteiger partial charge in [0.1, 0.15) is 22.9 Å². The minimum absolute atomic E-state index is 0.0671. The van der Waals surface area contributed by atoms with Crippen molar-refractivity contribution in [2.75, 3.05) is 14.2 Å². The molecule has 2 rings (SSSR count). The lowest BCUT2D eigenvalue weighted by molar-refractivity contribution is -0.154. The summed E-state index contributed by atoms with van der Waals surface area (Å²) in [5.41, 5.74) is 0.721. The minimum atomic E-state index is -0.715. The molecule has 0 fully saturated rings. The van der Waals surface area contributed by atoms with Gasteiger partial charge in [-0.2, -0.15) is 0 Å². The highest BCUT2D eigenvalue weighted by atomic mass is 16.6. The van der Waals surface area contributed by atoms with Crippen LogP contribution in [-0.4, -0.2) is 36.7 Å². The van der Waals surface area contributed by atoms with Crippen molar-refractivity contribution in [3.8, 4) is 11.5 Å². The monoisotopic (exact) mass is 450 g/mol. The van der Waals surface area contributed by atoms with E-state index in [1.54, 1.807) is 77.5 Å². The number of hydrogen-bond donors (Lipinski definition) is 1. The van der Waals surface area contributed by atoms with E-state index < -0.39 is 17.4 Å². The van der Waals surface area contributed by atoms with Crippen LogP contribution in [0.3, 0.4) is 0 Å². The van der Waals surface area contributed by atoms with Gasteiger partial charge in [0.25, 0.3) is 0 Å². The summed E-state index contributed by atoms with van der Waals surface area (Å²) in [6.45, 7) is 5.21. The summed E-state index contributed by atoms with van der Waals surface area (Å²) in [7, 11) is 3.12. The van der Waals surface area contributed by atoms with Crippen LogP contribution in [0.5, 0.6) is 11.5 Å². The summed E-state index contributed by atoms with van der Waals surface area (Å²) in [6, 6.07) is 14.4. The second-order valence-electron chi connectivity index (χ2n) is 8.21. The Morgan fingerprint density at radius 1 is 0.879 bits per heavy atom. The number of aliphatic hydroxyl groups excluding tert-OH is 1. The van der Waals surface area contributed by atoms with Gasteiger partial charge in [0.15, 0.2) is 5.78 Å². The molecular weight excluding hydrogens is 420 g/mol. The molecule has 0 aliphatic carbocycles. The quantitative estimate of drug-likeness (QED) is 0.234. The molecule has 0 unspecified atom stereocenters. The zero-order valence-corrected chi connectivity index (χ0v) is 19.6. The van der Waals surface area contributed by atoms with Crippen LogP contribution in [0.2, 0.25) is 0 Å². The van der Waals surface area contributed by atoms with Crippen molar-refractivity contribution in [3.05, 3.63) is 83.1 Å². The van der Waals surface area contributed by atoms with Crippen LogP contribution in [0.15, 0.2) is 72.0 Å². The molecule has 1 N–H and O–H groups in total. The Morgan fingerprint density at radius 3 is 1.88 bits per heavy atom. The van der Waals surface area contributed by atoms with Crippen LogP contribution >= 0.6 is 0 Å². The molecule has 2 aromatic carbocycles. The van der Waals surface area contributed by atoms with Gasteiger partial charge in [0.2, 0.25) is 0 Å². The van der Waals surface area contributed by atoms with E-state index in [-0.39, 0.29) is 17.8 Å². The predicted octanol–water partition coefficient (Wildman–Crippen LogP) is 5.54. The van der Waals surface area contributed by atoms with Gasteiger partial charge in [0.05, 0.1) is 26.2 Å². The van der Waals surface area contributed by atoms with Crippen molar-refractivity contribution in [1.82, 2.24) is 0 Å². The molecular formula is C27H30O6. The van der Waals surface area contributed by atoms with E-state index in [9.17, 15) is 14.7 Å². The van der Waals surface area contributed by atoms with E-state index in [0.717, 1.165) is 11.1 Å². The third-order valence-corrected chi connectivity index (χ3v) is 4.40. The highest BCUT2D eigenvalue weighted by Gasteiger charge is 2.21. The highest BCUT2D eigenvalue weighted by Crippen LogP contribution is 2.19. The first-order valence-electron chi connectivity index (χ1n) is 10.4. The summed E-state index contributed by atoms with van der Waals surface area (Å²) in [6.07, 6.45) is 5.55. The van der Waals surface area contributed by atoms with E-state index in [2.05, 4.69) is 0 Å². The SMILES string of the molecule is COc1cccc(/C=C/C(=O)/C(CC(=O)OC(C)(C)C)=C(O)/C=C/c2cccc(OC)c2)c1. The van der Waals surface area contributed by atoms with Crippen LogP contribution in [0.4, 0.5) is 0 Å². The number of methoxy groups -OCH3 is 2. The lowest BCUT2D eigenvalue weighted by atomic mass is 10.0. The van der Waals surface area contributed by atoms with Crippen molar-refractivity contribution in [3.63, 3.8) is 0 Å². The molecule has 0 bridgehead atoms. The van der Waals surface area contributed by atoms with E-state index >= 15 is 0 Å². The molecule has 0 aliphatic heterocycles. The van der Waals surface area contributed by atoms with E-state index in [0.29, 0.717) is 11.5 Å². The van der Waals surface area contributed by atoms with Gasteiger partial charge in [-0.3, -0.25) is 9.59 Å². The standard InChI is InChI=1S/C27H30O6/c1-27(2,3)33-26(30)18-23(24(28)14-12-19-8-6-10-21(16-19)31-4)25(29)15-13-20-9-7-11-22(17-20)32-5/h6-17,28H,18H2,1-5H3/b14-12+,15-13+,24-23-. The maximum Gasteiger partial charge on any atom is 0.311 e. The van der Waals surface area contributed by atoms with Crippen molar-refractivity contribution >= 4 is 23.9 Å². The van der Waals surface area contributed by atoms with Crippen LogP contribution in [0, 0.1) is 0 Å². The number of esters is 1. The summed E-state index contributed by atoms with van der Waals surface area (Å²) < 4.78 is 15.7. The predicted molar refractivity (Wildman–Crippen MR) is 129 cm³/mol. The van der Waals surface area contributed by atoms with E-state index in [1.807, 2.05) is 18.2 Å². The van der Waals surface area contributed by atoms with Crippen molar-refractivity contribution < 1.29 is 28.9 Å². The summed E-state index contributed by atoms with van der Waals surface area (Å²) in [5.74, 6) is -0.118. The summed E-state index contributed by atoms with van der Waals surface area (Å²) >= 11 is 0. The second kappa shape index (κ2) is 11.7. The molecule has 6 heteroatoms. The molecule has 2 aromatic rings. The molecule has 0 atom stereocenters. The minimum Gasteiger partial charge on any atom is -0.508 e. The molecule has 0 spiro atoms. The highest BCUT2D eigenvalue weighted by molar-refractivity contribution is 6.09. The average molecular weight is 451 g/mol. The first kappa shape index (κ1) is 25.5. The number of rotatable bonds is 9. The smallest absolute Gasteiger partial charge is 0.311 e. The van der Waals surface area contributed by atoms with Gasteiger partial charge >= 0.3 is 5.97 Å². The molecule has 0 aromatic heterocycles. The fraction of sp³-hybridized carbons (Fsp3) is 0.259. The number of hydrogen-bond acceptors (Lipinski definition) is 6. The lowest BCUT2D eigenvalue weighted by Crippen LogP contribution is -2.25. The van der Waals surface area contributed by atoms with E-state index in [1.165, 1.54) is 12.2 Å². The Hall–Kier alpha value is -3.80. The van der Waals surface area contributed by atoms with Gasteiger partial charge in [0, 0.05) is 0 Å². The fourth-order valence-electron chi connectivity index (χ4n) is 2.86. The first-order valence-corrected chi connectivity index (χ1v) is 10.4. The molecule has 0 heterocycles. The van der Waals surface area contributed by atoms with Gasteiger partial charge < -0.3 is 19.3 Å². The molecule has 0 radical (unpaired) electrons. The van der Waals surface area contributed by atoms with Crippen LogP contribution in [0.1, 0.15) is 38.3 Å². The summed E-state index contributed by atoms with van der Waals surface area (Å²) in [4.78, 5) is 25.3. The Labute approximate surface area is 194 Å². The molecule has 33 heavy (non-hydrogen) atoms.